The summed E-state index contributed by atoms with van der Waals surface area (Å²) in [7, 11) is 3.52. The van der Waals surface area contributed by atoms with Gasteiger partial charge in [0.05, 0.1) is 18.8 Å². The molecular weight excluding hydrogens is 537 g/mol. The van der Waals surface area contributed by atoms with E-state index in [9.17, 15) is 14.0 Å². The maximum atomic E-state index is 14.4. The Labute approximate surface area is 244 Å². The number of carbonyl (C=O) groups is 2. The summed E-state index contributed by atoms with van der Waals surface area (Å²) < 4.78 is 21.4. The number of pyridine rings is 1. The number of ether oxygens (including phenoxy) is 1. The summed E-state index contributed by atoms with van der Waals surface area (Å²) >= 11 is 0. The van der Waals surface area contributed by atoms with Crippen LogP contribution in [-0.2, 0) is 29.5 Å². The number of amides is 2. The number of aromatic nitrogens is 4. The van der Waals surface area contributed by atoms with E-state index in [1.165, 1.54) is 6.20 Å². The molecule has 1 aliphatic carbocycles. The molecule has 0 radical (unpaired) electrons. The molecule has 2 aromatic heterocycles. The smallest absolute Gasteiger partial charge is 0.243 e. The van der Waals surface area contributed by atoms with E-state index in [0.29, 0.717) is 38.0 Å². The van der Waals surface area contributed by atoms with Gasteiger partial charge in [-0.05, 0) is 73.4 Å². The monoisotopic (exact) mass is 573 g/mol. The number of methoxy groups -OCH3 is 1. The van der Waals surface area contributed by atoms with Crippen molar-refractivity contribution in [2.75, 3.05) is 26.7 Å². The highest BCUT2D eigenvalue weighted by atomic mass is 19.1. The Morgan fingerprint density at radius 1 is 1.17 bits per heavy atom. The fourth-order valence-electron chi connectivity index (χ4n) is 6.52. The van der Waals surface area contributed by atoms with Crippen LogP contribution in [-0.4, -0.2) is 75.5 Å². The molecule has 2 amide bonds. The zero-order valence-corrected chi connectivity index (χ0v) is 23.9. The van der Waals surface area contributed by atoms with Crippen LogP contribution in [0.4, 0.5) is 4.39 Å². The number of carbonyl (C=O) groups excluding carboxylic acids is 2. The summed E-state index contributed by atoms with van der Waals surface area (Å²) in [6.45, 7) is 1.37. The molecule has 4 unspecified atom stereocenters. The van der Waals surface area contributed by atoms with Gasteiger partial charge in [-0.1, -0.05) is 23.4 Å². The summed E-state index contributed by atoms with van der Waals surface area (Å²) in [5.74, 6) is 0.00117. The standard InChI is InChI=1S/C31H36FN7O3/c1-38-27-10-7-20(13-25(27)36-37-38)16-35-30(40)28-14-21(12-19-5-8-23(42-2)9-6-19)18-39(28)31(41)26-15-22(17-34-26)24-4-3-11-33-29(24)32/h3-6,8-9,11,13,21-22,26,28,34H,7,10,12,14-18H2,1-2H3,(H,35,40). The Kier molecular flexibility index (Phi) is 8.01. The van der Waals surface area contributed by atoms with Crippen LogP contribution in [0, 0.1) is 11.9 Å². The Bertz CT molecular complexity index is 1490. The Balaban J connectivity index is 1.15. The fraction of sp³-hybridized carbons (Fsp3) is 0.452. The van der Waals surface area contributed by atoms with Crippen molar-refractivity contribution in [2.24, 2.45) is 13.0 Å². The van der Waals surface area contributed by atoms with Gasteiger partial charge in [-0.25, -0.2) is 4.98 Å². The molecule has 11 heteroatoms. The average Bonchev–Trinajstić information content (AvgIpc) is 3.75. The molecule has 6 rings (SSSR count). The molecular formula is C31H36FN7O3. The molecule has 3 aromatic rings. The summed E-state index contributed by atoms with van der Waals surface area (Å²) in [6.07, 6.45) is 6.85. The highest BCUT2D eigenvalue weighted by Gasteiger charge is 2.43. The molecule has 2 fully saturated rings. The van der Waals surface area contributed by atoms with E-state index in [1.54, 1.807) is 28.8 Å². The van der Waals surface area contributed by atoms with E-state index in [2.05, 4.69) is 25.9 Å². The number of nitrogens with one attached hydrogen (secondary N) is 2. The lowest BCUT2D eigenvalue weighted by Crippen LogP contribution is -2.51. The first kappa shape index (κ1) is 28.0. The van der Waals surface area contributed by atoms with Crippen LogP contribution in [0.5, 0.6) is 5.75 Å². The molecule has 1 aromatic carbocycles. The molecule has 3 aliphatic rings. The molecule has 10 nitrogen and oxygen atoms in total. The van der Waals surface area contributed by atoms with Crippen LogP contribution < -0.4 is 15.4 Å². The van der Waals surface area contributed by atoms with Gasteiger partial charge in [-0.2, -0.15) is 4.39 Å². The molecule has 0 saturated carbocycles. The van der Waals surface area contributed by atoms with Crippen LogP contribution in [0.15, 0.2) is 48.2 Å². The summed E-state index contributed by atoms with van der Waals surface area (Å²) in [5, 5.41) is 14.7. The van der Waals surface area contributed by atoms with Gasteiger partial charge >= 0.3 is 0 Å². The van der Waals surface area contributed by atoms with Gasteiger partial charge in [0.15, 0.2) is 0 Å². The van der Waals surface area contributed by atoms with Crippen molar-refractivity contribution < 1.29 is 18.7 Å². The first-order chi connectivity index (χ1) is 20.4. The van der Waals surface area contributed by atoms with Crippen molar-refractivity contribution in [1.29, 1.82) is 0 Å². The normalized spacial score (nSPS) is 23.4. The summed E-state index contributed by atoms with van der Waals surface area (Å²) in [6, 6.07) is 10.3. The fourth-order valence-corrected chi connectivity index (χ4v) is 6.52. The lowest BCUT2D eigenvalue weighted by Gasteiger charge is -2.27. The minimum Gasteiger partial charge on any atom is -0.497 e. The lowest BCUT2D eigenvalue weighted by molar-refractivity contribution is -0.139. The van der Waals surface area contributed by atoms with Gasteiger partial charge in [-0.3, -0.25) is 14.3 Å². The predicted octanol–water partition coefficient (Wildman–Crippen LogP) is 2.41. The minimum atomic E-state index is -0.576. The van der Waals surface area contributed by atoms with E-state index >= 15 is 0 Å². The van der Waals surface area contributed by atoms with Crippen molar-refractivity contribution in [3.8, 4) is 5.75 Å². The molecule has 2 saturated heterocycles. The Morgan fingerprint density at radius 3 is 2.79 bits per heavy atom. The van der Waals surface area contributed by atoms with Gasteiger partial charge in [0.1, 0.15) is 17.5 Å². The van der Waals surface area contributed by atoms with Gasteiger partial charge in [0, 0.05) is 44.4 Å². The molecule has 0 bridgehead atoms. The van der Waals surface area contributed by atoms with Crippen LogP contribution in [0.2, 0.25) is 0 Å². The number of nitrogens with zero attached hydrogens (tertiary/aromatic N) is 5. The zero-order chi connectivity index (χ0) is 29.2. The number of fused-ring (bicyclic) bond motifs is 1. The number of benzene rings is 1. The maximum Gasteiger partial charge on any atom is 0.243 e. The zero-order valence-electron chi connectivity index (χ0n) is 23.9. The molecule has 2 N–H and O–H groups in total. The Morgan fingerprint density at radius 2 is 2.00 bits per heavy atom. The first-order valence-corrected chi connectivity index (χ1v) is 14.5. The third-order valence-electron chi connectivity index (χ3n) is 8.80. The van der Waals surface area contributed by atoms with E-state index in [0.717, 1.165) is 47.5 Å². The molecule has 4 atom stereocenters. The average molecular weight is 574 g/mol. The second kappa shape index (κ2) is 12.0. The van der Waals surface area contributed by atoms with Gasteiger partial charge < -0.3 is 20.3 Å². The highest BCUT2D eigenvalue weighted by Crippen LogP contribution is 2.32. The second-order valence-electron chi connectivity index (χ2n) is 11.5. The number of rotatable bonds is 8. The third kappa shape index (κ3) is 5.78. The van der Waals surface area contributed by atoms with E-state index in [-0.39, 0.29) is 23.7 Å². The first-order valence-electron chi connectivity index (χ1n) is 14.5. The Hall–Kier alpha value is -4.12. The molecule has 4 heterocycles. The van der Waals surface area contributed by atoms with Gasteiger partial charge in [0.25, 0.3) is 0 Å². The number of hydrogen-bond donors (Lipinski definition) is 2. The van der Waals surface area contributed by atoms with Crippen molar-refractivity contribution in [1.82, 2.24) is 35.5 Å². The van der Waals surface area contributed by atoms with Crippen molar-refractivity contribution >= 4 is 17.9 Å². The number of likely N-dealkylation sites (tertiary alicyclic amines) is 1. The maximum absolute atomic E-state index is 14.4. The SMILES string of the molecule is COc1ccc(CC2CC(C(=O)NCC3=Cc4nnn(C)c4CC3)N(C(=O)C3CC(c4cccnc4F)CN3)C2)cc1. The van der Waals surface area contributed by atoms with E-state index in [1.807, 2.05) is 37.4 Å². The molecule has 0 spiro atoms. The van der Waals surface area contributed by atoms with Crippen molar-refractivity contribution in [2.45, 2.75) is 50.1 Å². The van der Waals surface area contributed by atoms with Gasteiger partial charge in [-0.15, -0.1) is 5.10 Å². The van der Waals surface area contributed by atoms with Crippen LogP contribution in [0.25, 0.3) is 6.08 Å². The quantitative estimate of drug-likeness (QED) is 0.398. The van der Waals surface area contributed by atoms with Crippen LogP contribution >= 0.6 is 0 Å². The minimum absolute atomic E-state index is 0.111. The molecule has 220 valence electrons. The van der Waals surface area contributed by atoms with Crippen molar-refractivity contribution in [3.05, 3.63) is 76.6 Å². The van der Waals surface area contributed by atoms with E-state index < -0.39 is 18.0 Å². The summed E-state index contributed by atoms with van der Waals surface area (Å²) in [5.41, 5.74) is 4.67. The largest absolute Gasteiger partial charge is 0.497 e. The van der Waals surface area contributed by atoms with E-state index in [4.69, 9.17) is 4.74 Å². The molecule has 42 heavy (non-hydrogen) atoms. The lowest BCUT2D eigenvalue weighted by atomic mass is 9.96. The number of aryl methyl sites for hydroxylation is 1. The van der Waals surface area contributed by atoms with Crippen molar-refractivity contribution in [3.63, 3.8) is 0 Å². The number of halogens is 1. The van der Waals surface area contributed by atoms with Gasteiger partial charge in [0.2, 0.25) is 17.8 Å². The number of hydrogen-bond acceptors (Lipinski definition) is 7. The second-order valence-corrected chi connectivity index (χ2v) is 11.5. The summed E-state index contributed by atoms with van der Waals surface area (Å²) in [4.78, 5) is 33.0. The van der Waals surface area contributed by atoms with Crippen LogP contribution in [0.3, 0.4) is 0 Å². The predicted molar refractivity (Wildman–Crippen MR) is 154 cm³/mol. The third-order valence-corrected chi connectivity index (χ3v) is 8.80. The molecule has 2 aliphatic heterocycles. The highest BCUT2D eigenvalue weighted by molar-refractivity contribution is 5.91. The van der Waals surface area contributed by atoms with Crippen LogP contribution in [0.1, 0.15) is 47.7 Å². The topological polar surface area (TPSA) is 114 Å².